The van der Waals surface area contributed by atoms with Gasteiger partial charge in [0.05, 0.1) is 36.5 Å². The lowest BCUT2D eigenvalue weighted by atomic mass is 9.90. The van der Waals surface area contributed by atoms with Crippen LogP contribution in [0.25, 0.3) is 0 Å². The molecule has 7 heteroatoms. The highest BCUT2D eigenvalue weighted by Crippen LogP contribution is 2.42. The number of aliphatic hydroxyl groups excluding tert-OH is 1. The van der Waals surface area contributed by atoms with Gasteiger partial charge in [0.15, 0.2) is 6.29 Å². The summed E-state index contributed by atoms with van der Waals surface area (Å²) in [6.45, 7) is 10.0. The molecule has 4 atom stereocenters. The molecule has 0 aromatic heterocycles. The van der Waals surface area contributed by atoms with Gasteiger partial charge in [-0.1, -0.05) is 146 Å². The van der Waals surface area contributed by atoms with Crippen LogP contribution in [0.15, 0.2) is 72.8 Å². The van der Waals surface area contributed by atoms with Crippen molar-refractivity contribution >= 4 is 11.8 Å². The Labute approximate surface area is 306 Å². The van der Waals surface area contributed by atoms with Crippen molar-refractivity contribution in [3.8, 4) is 0 Å². The van der Waals surface area contributed by atoms with Crippen LogP contribution < -0.4 is 0 Å². The van der Waals surface area contributed by atoms with E-state index in [1.54, 1.807) is 24.3 Å². The molecule has 2 aliphatic rings. The number of fused-ring (bicyclic) bond motifs is 1. The molecule has 0 bridgehead atoms. The van der Waals surface area contributed by atoms with E-state index in [-0.39, 0.29) is 43.1 Å². The van der Waals surface area contributed by atoms with E-state index >= 15 is 0 Å². The molecule has 1 fully saturated rings. The fraction of sp³-hybridized carbons (Fsp3) is 0.545. The summed E-state index contributed by atoms with van der Waals surface area (Å²) >= 11 is 0. The van der Waals surface area contributed by atoms with Crippen molar-refractivity contribution in [2.45, 2.75) is 129 Å². The quantitative estimate of drug-likeness (QED) is 0.0883. The summed E-state index contributed by atoms with van der Waals surface area (Å²) in [5, 5.41) is 9.67. The number of amides is 2. The fourth-order valence-corrected chi connectivity index (χ4v) is 7.45. The van der Waals surface area contributed by atoms with Gasteiger partial charge in [-0.3, -0.25) is 14.5 Å². The Morgan fingerprint density at radius 2 is 1.16 bits per heavy atom. The molecule has 0 aliphatic carbocycles. The van der Waals surface area contributed by atoms with Gasteiger partial charge in [-0.15, -0.1) is 0 Å². The molecule has 3 aromatic carbocycles. The molecule has 51 heavy (non-hydrogen) atoms. The maximum Gasteiger partial charge on any atom is 0.261 e. The molecule has 5 rings (SSSR count). The van der Waals surface area contributed by atoms with Crippen LogP contribution in [0.1, 0.15) is 153 Å². The van der Waals surface area contributed by atoms with Gasteiger partial charge in [-0.2, -0.15) is 0 Å². The lowest BCUT2D eigenvalue weighted by Gasteiger charge is -2.43. The van der Waals surface area contributed by atoms with Gasteiger partial charge in [-0.25, -0.2) is 0 Å². The minimum Gasteiger partial charge on any atom is -0.392 e. The molecule has 0 radical (unpaired) electrons. The fourth-order valence-electron chi connectivity index (χ4n) is 7.45. The van der Waals surface area contributed by atoms with Gasteiger partial charge in [0.25, 0.3) is 11.8 Å². The Balaban J connectivity index is 1.30. The molecule has 2 aliphatic heterocycles. The Hall–Kier alpha value is -3.36. The number of carbonyl (C=O) groups is 2. The minimum atomic E-state index is -0.563. The van der Waals surface area contributed by atoms with Crippen LogP contribution in [0.3, 0.4) is 0 Å². The Bertz CT molecular complexity index is 1460. The van der Waals surface area contributed by atoms with E-state index in [4.69, 9.17) is 9.47 Å². The van der Waals surface area contributed by atoms with Crippen LogP contribution in [0.5, 0.6) is 0 Å². The first-order valence-corrected chi connectivity index (χ1v) is 19.7. The summed E-state index contributed by atoms with van der Waals surface area (Å²) in [7, 11) is 0. The standard InChI is InChI=1S/C44H60N2O5/c1-4-6-8-10-12-16-28-45(29-17-13-11-9-7-5-2)31-40-33(3)41(36-24-22-35(32-47)23-25-36)51-44(50-40)37-26-20-34(21-27-37)30-46-42(48)38-18-14-15-19-39(38)43(46)49/h14-15,18-27,33,40-41,44,47H,4-13,16-17,28-32H2,1-3H3/t33-,40+,41+,44+/m1/s1. The highest BCUT2D eigenvalue weighted by atomic mass is 16.7. The van der Waals surface area contributed by atoms with Crippen molar-refractivity contribution in [3.63, 3.8) is 0 Å². The summed E-state index contributed by atoms with van der Waals surface area (Å²) < 4.78 is 13.6. The van der Waals surface area contributed by atoms with Gasteiger partial charge in [0.1, 0.15) is 0 Å². The molecule has 2 amide bonds. The van der Waals surface area contributed by atoms with Gasteiger partial charge in [0, 0.05) is 18.0 Å². The minimum absolute atomic E-state index is 0.00856. The highest BCUT2D eigenvalue weighted by Gasteiger charge is 2.39. The maximum atomic E-state index is 13.0. The summed E-state index contributed by atoms with van der Waals surface area (Å²) in [5.74, 6) is -0.389. The first-order valence-electron chi connectivity index (χ1n) is 19.7. The van der Waals surface area contributed by atoms with Crippen LogP contribution in [0.2, 0.25) is 0 Å². The van der Waals surface area contributed by atoms with Crippen LogP contribution in [0.4, 0.5) is 0 Å². The van der Waals surface area contributed by atoms with E-state index in [2.05, 4.69) is 37.8 Å². The summed E-state index contributed by atoms with van der Waals surface area (Å²) in [6.07, 6.45) is 14.6. The third-order valence-electron chi connectivity index (χ3n) is 10.7. The van der Waals surface area contributed by atoms with E-state index in [9.17, 15) is 14.7 Å². The zero-order valence-corrected chi connectivity index (χ0v) is 31.2. The van der Waals surface area contributed by atoms with Gasteiger partial charge >= 0.3 is 0 Å². The van der Waals surface area contributed by atoms with Crippen molar-refractivity contribution in [2.24, 2.45) is 5.92 Å². The number of hydrogen-bond acceptors (Lipinski definition) is 6. The molecule has 0 saturated carbocycles. The van der Waals surface area contributed by atoms with E-state index in [1.807, 2.05) is 36.4 Å². The van der Waals surface area contributed by atoms with Crippen LogP contribution in [-0.4, -0.2) is 52.5 Å². The van der Waals surface area contributed by atoms with Gasteiger partial charge in [-0.05, 0) is 54.8 Å². The van der Waals surface area contributed by atoms with Crippen LogP contribution in [-0.2, 0) is 22.6 Å². The summed E-state index contributed by atoms with van der Waals surface area (Å²) in [5.41, 5.74) is 4.66. The Kier molecular flexibility index (Phi) is 15.3. The van der Waals surface area contributed by atoms with Crippen molar-refractivity contribution in [1.29, 1.82) is 0 Å². The third-order valence-corrected chi connectivity index (χ3v) is 10.7. The second-order valence-electron chi connectivity index (χ2n) is 14.6. The molecule has 1 N–H and O–H groups in total. The van der Waals surface area contributed by atoms with Crippen molar-refractivity contribution in [2.75, 3.05) is 19.6 Å². The number of ether oxygens (including phenoxy) is 2. The third kappa shape index (κ3) is 10.6. The Morgan fingerprint density at radius 3 is 1.71 bits per heavy atom. The van der Waals surface area contributed by atoms with E-state index < -0.39 is 6.29 Å². The predicted molar refractivity (Wildman–Crippen MR) is 203 cm³/mol. The number of imide groups is 1. The van der Waals surface area contributed by atoms with Gasteiger partial charge < -0.3 is 19.5 Å². The van der Waals surface area contributed by atoms with Crippen molar-refractivity contribution in [3.05, 3.63) is 106 Å². The molecular weight excluding hydrogens is 636 g/mol. The highest BCUT2D eigenvalue weighted by molar-refractivity contribution is 6.21. The number of benzene rings is 3. The zero-order valence-electron chi connectivity index (χ0n) is 31.2. The second kappa shape index (κ2) is 20.0. The average Bonchev–Trinajstić information content (AvgIpc) is 3.40. The number of hydrogen-bond donors (Lipinski definition) is 1. The first kappa shape index (κ1) is 38.9. The molecular formula is C44H60N2O5. The summed E-state index contributed by atoms with van der Waals surface area (Å²) in [6, 6.07) is 23.0. The van der Waals surface area contributed by atoms with Crippen LogP contribution >= 0.6 is 0 Å². The molecule has 2 heterocycles. The molecule has 3 aromatic rings. The molecule has 0 unspecified atom stereocenters. The molecule has 276 valence electrons. The molecule has 1 saturated heterocycles. The smallest absolute Gasteiger partial charge is 0.261 e. The number of aliphatic hydroxyl groups is 1. The second-order valence-corrected chi connectivity index (χ2v) is 14.6. The molecule has 0 spiro atoms. The van der Waals surface area contributed by atoms with Crippen LogP contribution in [0, 0.1) is 5.92 Å². The first-order chi connectivity index (χ1) is 24.9. The van der Waals surface area contributed by atoms with E-state index in [1.165, 1.54) is 81.9 Å². The monoisotopic (exact) mass is 696 g/mol. The van der Waals surface area contributed by atoms with Gasteiger partial charge in [0.2, 0.25) is 0 Å². The largest absolute Gasteiger partial charge is 0.392 e. The van der Waals surface area contributed by atoms with Crippen molar-refractivity contribution in [1.82, 2.24) is 9.80 Å². The number of nitrogens with zero attached hydrogens (tertiary/aromatic N) is 2. The topological polar surface area (TPSA) is 79.3 Å². The zero-order chi connectivity index (χ0) is 36.0. The SMILES string of the molecule is CCCCCCCCN(CCCCCCCC)C[C@@H]1O[C@H](c2ccc(CN3C(=O)c4ccccc4C3=O)cc2)O[C@H](c2ccc(CO)cc2)[C@@H]1C. The molecule has 7 nitrogen and oxygen atoms in total. The van der Waals surface area contributed by atoms with E-state index in [0.717, 1.165) is 41.9 Å². The Morgan fingerprint density at radius 1 is 0.647 bits per heavy atom. The number of rotatable bonds is 21. The van der Waals surface area contributed by atoms with Crippen molar-refractivity contribution < 1.29 is 24.2 Å². The lowest BCUT2D eigenvalue weighted by molar-refractivity contribution is -0.276. The number of unbranched alkanes of at least 4 members (excludes halogenated alkanes) is 10. The van der Waals surface area contributed by atoms with E-state index in [0.29, 0.717) is 11.1 Å². The normalized spacial score (nSPS) is 20.4. The predicted octanol–water partition coefficient (Wildman–Crippen LogP) is 9.79. The lowest BCUT2D eigenvalue weighted by Crippen LogP contribution is -2.45. The number of carbonyl (C=O) groups excluding carboxylic acids is 2. The average molecular weight is 697 g/mol. The maximum absolute atomic E-state index is 13.0. The summed E-state index contributed by atoms with van der Waals surface area (Å²) in [4.78, 5) is 29.9.